The molecule has 1 N–H and O–H groups in total. The molecule has 1 fully saturated rings. The van der Waals surface area contributed by atoms with Crippen molar-refractivity contribution in [2.45, 2.75) is 45.1 Å². The minimum atomic E-state index is -0.514. The van der Waals surface area contributed by atoms with Crippen LogP contribution in [-0.2, 0) is 0 Å². The Kier molecular flexibility index (Phi) is 3.71. The Bertz CT molecular complexity index is 490. The number of nitrogens with one attached hydrogen (secondary N) is 1. The first-order chi connectivity index (χ1) is 9.04. The molecule has 0 bridgehead atoms. The fourth-order valence-corrected chi connectivity index (χ4v) is 2.95. The lowest BCUT2D eigenvalue weighted by atomic mass is 9.63. The summed E-state index contributed by atoms with van der Waals surface area (Å²) in [6.45, 7) is 4.36. The van der Waals surface area contributed by atoms with Crippen molar-refractivity contribution in [3.8, 4) is 11.8 Å². The summed E-state index contributed by atoms with van der Waals surface area (Å²) in [6, 6.07) is 10.3. The molecule has 2 rings (SSSR count). The summed E-state index contributed by atoms with van der Waals surface area (Å²) in [4.78, 5) is 0. The van der Waals surface area contributed by atoms with Crippen molar-refractivity contribution in [1.29, 1.82) is 5.26 Å². The van der Waals surface area contributed by atoms with Crippen molar-refractivity contribution >= 4 is 5.69 Å². The van der Waals surface area contributed by atoms with Crippen molar-refractivity contribution in [3.63, 3.8) is 0 Å². The molecule has 1 aromatic carbocycles. The molecule has 0 amide bonds. The topological polar surface area (TPSA) is 45.0 Å². The number of nitrogens with zero attached hydrogens (tertiary/aromatic N) is 1. The Hall–Kier alpha value is -1.69. The van der Waals surface area contributed by atoms with Gasteiger partial charge >= 0.3 is 0 Å². The lowest BCUT2D eigenvalue weighted by Crippen LogP contribution is -2.52. The third-order valence-electron chi connectivity index (χ3n) is 4.40. The SMILES string of the molecule is COc1ccccc1NC1(C#N)CCCCC1(C)C. The van der Waals surface area contributed by atoms with E-state index in [4.69, 9.17) is 4.74 Å². The van der Waals surface area contributed by atoms with Gasteiger partial charge in [0.25, 0.3) is 0 Å². The molecule has 0 heterocycles. The number of methoxy groups -OCH3 is 1. The van der Waals surface area contributed by atoms with Crippen molar-refractivity contribution in [2.75, 3.05) is 12.4 Å². The zero-order chi connectivity index (χ0) is 13.9. The van der Waals surface area contributed by atoms with Gasteiger partial charge in [-0.25, -0.2) is 0 Å². The normalized spacial score (nSPS) is 25.4. The fourth-order valence-electron chi connectivity index (χ4n) is 2.95. The number of benzene rings is 1. The molecule has 3 heteroatoms. The number of hydrogen-bond donors (Lipinski definition) is 1. The van der Waals surface area contributed by atoms with E-state index >= 15 is 0 Å². The van der Waals surface area contributed by atoms with E-state index in [1.165, 1.54) is 6.42 Å². The molecule has 1 atom stereocenters. The quantitative estimate of drug-likeness (QED) is 0.892. The van der Waals surface area contributed by atoms with Gasteiger partial charge in [-0.1, -0.05) is 32.4 Å². The van der Waals surface area contributed by atoms with Gasteiger partial charge in [-0.2, -0.15) is 5.26 Å². The zero-order valence-electron chi connectivity index (χ0n) is 12.0. The summed E-state index contributed by atoms with van der Waals surface area (Å²) in [7, 11) is 1.66. The molecule has 0 saturated heterocycles. The molecular formula is C16H22N2O. The van der Waals surface area contributed by atoms with Crippen LogP contribution in [-0.4, -0.2) is 12.6 Å². The van der Waals surface area contributed by atoms with Crippen LogP contribution in [0.1, 0.15) is 39.5 Å². The highest BCUT2D eigenvalue weighted by Crippen LogP contribution is 2.46. The van der Waals surface area contributed by atoms with Gasteiger partial charge in [0.1, 0.15) is 11.3 Å². The lowest BCUT2D eigenvalue weighted by molar-refractivity contribution is 0.164. The average Bonchev–Trinajstić information content (AvgIpc) is 2.41. The van der Waals surface area contributed by atoms with Gasteiger partial charge in [0.15, 0.2) is 0 Å². The summed E-state index contributed by atoms with van der Waals surface area (Å²) in [5, 5.41) is 13.2. The predicted octanol–water partition coefficient (Wildman–Crippen LogP) is 3.97. The van der Waals surface area contributed by atoms with Crippen LogP contribution in [0.3, 0.4) is 0 Å². The Labute approximate surface area is 115 Å². The molecule has 0 radical (unpaired) electrons. The summed E-state index contributed by atoms with van der Waals surface area (Å²) in [5.74, 6) is 0.790. The Morgan fingerprint density at radius 3 is 2.53 bits per heavy atom. The number of ether oxygens (including phenoxy) is 1. The first kappa shape index (κ1) is 13.7. The number of hydrogen-bond acceptors (Lipinski definition) is 3. The van der Waals surface area contributed by atoms with Crippen molar-refractivity contribution in [2.24, 2.45) is 5.41 Å². The monoisotopic (exact) mass is 258 g/mol. The van der Waals surface area contributed by atoms with E-state index in [-0.39, 0.29) is 5.41 Å². The molecule has 1 aliphatic rings. The van der Waals surface area contributed by atoms with E-state index in [1.807, 2.05) is 24.3 Å². The summed E-state index contributed by atoms with van der Waals surface area (Å²) in [5.41, 5.74) is 0.349. The van der Waals surface area contributed by atoms with Crippen LogP contribution in [0, 0.1) is 16.7 Å². The molecule has 1 aliphatic carbocycles. The molecule has 1 aromatic rings. The second-order valence-corrected chi connectivity index (χ2v) is 5.93. The van der Waals surface area contributed by atoms with E-state index in [1.54, 1.807) is 7.11 Å². The molecule has 1 unspecified atom stereocenters. The predicted molar refractivity (Wildman–Crippen MR) is 77.2 cm³/mol. The zero-order valence-corrected chi connectivity index (χ0v) is 12.0. The molecule has 1 saturated carbocycles. The van der Waals surface area contributed by atoms with Crippen LogP contribution in [0.5, 0.6) is 5.75 Å². The summed E-state index contributed by atoms with van der Waals surface area (Å²) in [6.07, 6.45) is 4.25. The van der Waals surface area contributed by atoms with Gasteiger partial charge in [0.2, 0.25) is 0 Å². The van der Waals surface area contributed by atoms with Crippen molar-refractivity contribution < 1.29 is 4.74 Å². The van der Waals surface area contributed by atoms with E-state index in [2.05, 4.69) is 25.2 Å². The van der Waals surface area contributed by atoms with E-state index in [0.29, 0.717) is 0 Å². The minimum absolute atomic E-state index is 0.0408. The maximum atomic E-state index is 9.75. The maximum absolute atomic E-state index is 9.75. The summed E-state index contributed by atoms with van der Waals surface area (Å²) >= 11 is 0. The standard InChI is InChI=1S/C16H22N2O/c1-15(2)10-6-7-11-16(15,12-17)18-13-8-4-5-9-14(13)19-3/h4-5,8-9,18H,6-7,10-11H2,1-3H3. The van der Waals surface area contributed by atoms with Crippen LogP contribution in [0.4, 0.5) is 5.69 Å². The number of anilines is 1. The third kappa shape index (κ3) is 2.40. The van der Waals surface area contributed by atoms with Gasteiger partial charge < -0.3 is 10.1 Å². The van der Waals surface area contributed by atoms with E-state index < -0.39 is 5.54 Å². The van der Waals surface area contributed by atoms with Crippen LogP contribution in [0.15, 0.2) is 24.3 Å². The van der Waals surface area contributed by atoms with Gasteiger partial charge in [-0.3, -0.25) is 0 Å². The largest absolute Gasteiger partial charge is 0.495 e. The highest BCUT2D eigenvalue weighted by molar-refractivity contribution is 5.59. The van der Waals surface area contributed by atoms with Crippen molar-refractivity contribution in [3.05, 3.63) is 24.3 Å². The van der Waals surface area contributed by atoms with E-state index in [0.717, 1.165) is 30.7 Å². The smallest absolute Gasteiger partial charge is 0.141 e. The first-order valence-electron chi connectivity index (χ1n) is 6.87. The molecule has 19 heavy (non-hydrogen) atoms. The Morgan fingerprint density at radius 2 is 1.89 bits per heavy atom. The lowest BCUT2D eigenvalue weighted by Gasteiger charge is -2.46. The number of nitriles is 1. The molecule has 102 valence electrons. The molecular weight excluding hydrogens is 236 g/mol. The van der Waals surface area contributed by atoms with Gasteiger partial charge in [0, 0.05) is 5.41 Å². The average molecular weight is 258 g/mol. The molecule has 3 nitrogen and oxygen atoms in total. The minimum Gasteiger partial charge on any atom is -0.495 e. The molecule has 0 spiro atoms. The van der Waals surface area contributed by atoms with E-state index in [9.17, 15) is 5.26 Å². The highest BCUT2D eigenvalue weighted by atomic mass is 16.5. The van der Waals surface area contributed by atoms with Gasteiger partial charge in [-0.15, -0.1) is 0 Å². The van der Waals surface area contributed by atoms with Gasteiger partial charge in [-0.05, 0) is 31.4 Å². The second-order valence-electron chi connectivity index (χ2n) is 5.93. The fraction of sp³-hybridized carbons (Fsp3) is 0.562. The van der Waals surface area contributed by atoms with Crippen LogP contribution >= 0.6 is 0 Å². The first-order valence-corrected chi connectivity index (χ1v) is 6.87. The Morgan fingerprint density at radius 1 is 1.21 bits per heavy atom. The van der Waals surface area contributed by atoms with Crippen LogP contribution in [0.25, 0.3) is 0 Å². The molecule has 0 aliphatic heterocycles. The number of para-hydroxylation sites is 2. The van der Waals surface area contributed by atoms with Crippen LogP contribution < -0.4 is 10.1 Å². The molecule has 0 aromatic heterocycles. The third-order valence-corrected chi connectivity index (χ3v) is 4.40. The van der Waals surface area contributed by atoms with Gasteiger partial charge in [0.05, 0.1) is 18.9 Å². The highest BCUT2D eigenvalue weighted by Gasteiger charge is 2.47. The van der Waals surface area contributed by atoms with Crippen molar-refractivity contribution in [1.82, 2.24) is 0 Å². The maximum Gasteiger partial charge on any atom is 0.141 e. The van der Waals surface area contributed by atoms with Crippen LogP contribution in [0.2, 0.25) is 0 Å². The Balaban J connectivity index is 2.35. The second kappa shape index (κ2) is 5.13. The number of rotatable bonds is 3. The summed E-state index contributed by atoms with van der Waals surface area (Å²) < 4.78 is 5.37.